The first-order chi connectivity index (χ1) is 9.84. The molecule has 0 amide bonds. The molecule has 3 nitrogen and oxygen atoms in total. The monoisotopic (exact) mass is 369 g/mol. The van der Waals surface area contributed by atoms with Crippen LogP contribution in [0.25, 0.3) is 0 Å². The zero-order valence-electron chi connectivity index (χ0n) is 11.5. The Morgan fingerprint density at radius 3 is 2.57 bits per heavy atom. The van der Waals surface area contributed by atoms with Crippen molar-refractivity contribution in [1.29, 1.82) is 0 Å². The molecule has 0 saturated carbocycles. The molecular formula is C15H13BrFNO2S. The van der Waals surface area contributed by atoms with Gasteiger partial charge in [0.2, 0.25) is 0 Å². The van der Waals surface area contributed by atoms with Crippen molar-refractivity contribution >= 4 is 31.6 Å². The summed E-state index contributed by atoms with van der Waals surface area (Å²) in [5.74, 6) is -0.670. The van der Waals surface area contributed by atoms with Gasteiger partial charge in [-0.25, -0.2) is 12.8 Å². The van der Waals surface area contributed by atoms with E-state index in [9.17, 15) is 12.8 Å². The second-order valence-electron chi connectivity index (χ2n) is 5.06. The van der Waals surface area contributed by atoms with Crippen LogP contribution in [0.1, 0.15) is 24.0 Å². The quantitative estimate of drug-likeness (QED) is 0.706. The van der Waals surface area contributed by atoms with Gasteiger partial charge in [-0.3, -0.25) is 4.31 Å². The second-order valence-corrected chi connectivity index (χ2v) is 7.85. The van der Waals surface area contributed by atoms with Crippen molar-refractivity contribution in [3.05, 3.63) is 57.8 Å². The van der Waals surface area contributed by atoms with Gasteiger partial charge in [-0.05, 0) is 45.3 Å². The third kappa shape index (κ3) is 2.08. The van der Waals surface area contributed by atoms with E-state index in [0.717, 1.165) is 5.56 Å². The average molecular weight is 370 g/mol. The van der Waals surface area contributed by atoms with E-state index in [1.54, 1.807) is 12.1 Å². The number of rotatable bonds is 0. The maximum atomic E-state index is 13.9. The van der Waals surface area contributed by atoms with E-state index >= 15 is 0 Å². The lowest BCUT2D eigenvalue weighted by atomic mass is 9.92. The number of nitrogens with zero attached hydrogens (tertiary/aromatic N) is 1. The molecule has 1 heterocycles. The van der Waals surface area contributed by atoms with E-state index in [-0.39, 0.29) is 15.3 Å². The van der Waals surface area contributed by atoms with Crippen molar-refractivity contribution in [2.24, 2.45) is 0 Å². The Morgan fingerprint density at radius 1 is 1.19 bits per heavy atom. The number of halogens is 2. The Balaban J connectivity index is 2.42. The van der Waals surface area contributed by atoms with Crippen LogP contribution in [0.4, 0.5) is 10.1 Å². The summed E-state index contributed by atoms with van der Waals surface area (Å²) in [5, 5.41) is 0. The lowest BCUT2D eigenvalue weighted by Crippen LogP contribution is -2.26. The molecule has 0 aromatic heterocycles. The summed E-state index contributed by atoms with van der Waals surface area (Å²) in [5.41, 5.74) is 1.97. The summed E-state index contributed by atoms with van der Waals surface area (Å²) in [6.07, 6.45) is 0. The molecular weight excluding hydrogens is 357 g/mol. The van der Waals surface area contributed by atoms with Crippen LogP contribution in [0.5, 0.6) is 0 Å². The van der Waals surface area contributed by atoms with Gasteiger partial charge in [-0.2, -0.15) is 0 Å². The molecule has 6 heteroatoms. The summed E-state index contributed by atoms with van der Waals surface area (Å²) in [7, 11) is -2.19. The summed E-state index contributed by atoms with van der Waals surface area (Å²) in [6.45, 7) is 1.89. The number of benzene rings is 2. The predicted molar refractivity (Wildman–Crippen MR) is 83.6 cm³/mol. The predicted octanol–water partition coefficient (Wildman–Crippen LogP) is 3.88. The van der Waals surface area contributed by atoms with E-state index in [0.29, 0.717) is 11.3 Å². The molecule has 3 rings (SSSR count). The van der Waals surface area contributed by atoms with Crippen LogP contribution in [-0.4, -0.2) is 15.5 Å². The molecule has 1 unspecified atom stereocenters. The van der Waals surface area contributed by atoms with Crippen LogP contribution >= 0.6 is 15.9 Å². The number of para-hydroxylation sites is 1. The van der Waals surface area contributed by atoms with Crippen LogP contribution < -0.4 is 4.31 Å². The van der Waals surface area contributed by atoms with Crippen molar-refractivity contribution in [1.82, 2.24) is 0 Å². The number of anilines is 1. The zero-order valence-corrected chi connectivity index (χ0v) is 13.9. The van der Waals surface area contributed by atoms with E-state index in [1.807, 2.05) is 19.1 Å². The van der Waals surface area contributed by atoms with Crippen LogP contribution in [0.15, 0.2) is 45.8 Å². The highest BCUT2D eigenvalue weighted by Gasteiger charge is 2.33. The lowest BCUT2D eigenvalue weighted by molar-refractivity contribution is 0.590. The first-order valence-electron chi connectivity index (χ1n) is 6.41. The summed E-state index contributed by atoms with van der Waals surface area (Å²) in [6, 6.07) is 9.94. The third-order valence-electron chi connectivity index (χ3n) is 3.90. The molecule has 1 aliphatic heterocycles. The Labute approximate surface area is 131 Å². The molecule has 0 aliphatic carbocycles. The van der Waals surface area contributed by atoms with Crippen molar-refractivity contribution < 1.29 is 12.8 Å². The molecule has 110 valence electrons. The SMILES string of the molecule is CC1c2ccccc2N(C)S(=O)(=O)c2cc(Br)c(F)cc21. The van der Waals surface area contributed by atoms with Crippen molar-refractivity contribution in [3.8, 4) is 0 Å². The minimum Gasteiger partial charge on any atom is -0.269 e. The van der Waals surface area contributed by atoms with E-state index < -0.39 is 15.8 Å². The minimum atomic E-state index is -3.71. The molecule has 1 aliphatic rings. The fourth-order valence-electron chi connectivity index (χ4n) is 2.69. The van der Waals surface area contributed by atoms with E-state index in [4.69, 9.17) is 0 Å². The van der Waals surface area contributed by atoms with Crippen LogP contribution in [0.2, 0.25) is 0 Å². The summed E-state index contributed by atoms with van der Waals surface area (Å²) in [4.78, 5) is 0.141. The van der Waals surface area contributed by atoms with Gasteiger partial charge in [-0.1, -0.05) is 25.1 Å². The fraction of sp³-hybridized carbons (Fsp3) is 0.200. The minimum absolute atomic E-state index is 0.141. The standard InChI is InChI=1S/C15H13BrFNO2S/c1-9-10-5-3-4-6-14(10)18(2)21(19,20)15-8-12(16)13(17)7-11(9)15/h3-9H,1-2H3. The molecule has 0 fully saturated rings. The average Bonchev–Trinajstić information content (AvgIpc) is 2.52. The van der Waals surface area contributed by atoms with Crippen molar-refractivity contribution in [2.75, 3.05) is 11.4 Å². The number of sulfonamides is 1. The first-order valence-corrected chi connectivity index (χ1v) is 8.64. The van der Waals surface area contributed by atoms with Gasteiger partial charge in [0.25, 0.3) is 10.0 Å². The normalized spacial score (nSPS) is 19.6. The maximum Gasteiger partial charge on any atom is 0.264 e. The molecule has 0 saturated heterocycles. The van der Waals surface area contributed by atoms with Gasteiger partial charge in [0.1, 0.15) is 5.82 Å². The van der Waals surface area contributed by atoms with Crippen molar-refractivity contribution in [3.63, 3.8) is 0 Å². The smallest absolute Gasteiger partial charge is 0.264 e. The largest absolute Gasteiger partial charge is 0.269 e. The van der Waals surface area contributed by atoms with Crippen LogP contribution in [0, 0.1) is 5.82 Å². The van der Waals surface area contributed by atoms with Gasteiger partial charge < -0.3 is 0 Å². The topological polar surface area (TPSA) is 37.4 Å². The Morgan fingerprint density at radius 2 is 1.86 bits per heavy atom. The summed E-state index contributed by atoms with van der Waals surface area (Å²) >= 11 is 3.07. The Hall–Kier alpha value is -1.40. The van der Waals surface area contributed by atoms with Crippen LogP contribution in [0.3, 0.4) is 0 Å². The fourth-order valence-corrected chi connectivity index (χ4v) is 4.71. The van der Waals surface area contributed by atoms with Crippen molar-refractivity contribution in [2.45, 2.75) is 17.7 Å². The van der Waals surface area contributed by atoms with Gasteiger partial charge in [0.05, 0.1) is 15.1 Å². The van der Waals surface area contributed by atoms with E-state index in [1.165, 1.54) is 23.5 Å². The molecule has 0 spiro atoms. The number of hydrogen-bond donors (Lipinski definition) is 0. The highest BCUT2D eigenvalue weighted by Crippen LogP contribution is 2.42. The molecule has 0 bridgehead atoms. The number of hydrogen-bond acceptors (Lipinski definition) is 2. The first kappa shape index (κ1) is 14.5. The third-order valence-corrected chi connectivity index (χ3v) is 6.34. The Kier molecular flexibility index (Phi) is 3.33. The highest BCUT2D eigenvalue weighted by molar-refractivity contribution is 9.10. The van der Waals surface area contributed by atoms with Gasteiger partial charge in [0.15, 0.2) is 0 Å². The van der Waals surface area contributed by atoms with E-state index in [2.05, 4.69) is 15.9 Å². The molecule has 1 atom stereocenters. The number of fused-ring (bicyclic) bond motifs is 2. The molecule has 21 heavy (non-hydrogen) atoms. The molecule has 2 aromatic carbocycles. The second kappa shape index (κ2) is 4.81. The zero-order chi connectivity index (χ0) is 15.4. The lowest BCUT2D eigenvalue weighted by Gasteiger charge is -2.19. The summed E-state index contributed by atoms with van der Waals surface area (Å²) < 4.78 is 40.8. The maximum absolute atomic E-state index is 13.9. The molecule has 2 aromatic rings. The van der Waals surface area contributed by atoms with Gasteiger partial charge in [0, 0.05) is 13.0 Å². The Bertz CT molecular complexity index is 836. The van der Waals surface area contributed by atoms with Gasteiger partial charge in [-0.15, -0.1) is 0 Å². The highest BCUT2D eigenvalue weighted by atomic mass is 79.9. The van der Waals surface area contributed by atoms with Crippen LogP contribution in [-0.2, 0) is 10.0 Å². The van der Waals surface area contributed by atoms with Gasteiger partial charge >= 0.3 is 0 Å². The molecule has 0 radical (unpaired) electrons. The molecule has 0 N–H and O–H groups in total.